The number of aliphatic hydroxyl groups is 1. The van der Waals surface area contributed by atoms with E-state index in [1.165, 1.54) is 5.39 Å². The van der Waals surface area contributed by atoms with Crippen LogP contribution in [0.25, 0.3) is 10.2 Å². The summed E-state index contributed by atoms with van der Waals surface area (Å²) in [7, 11) is 0. The van der Waals surface area contributed by atoms with E-state index in [1.807, 2.05) is 6.92 Å². The minimum atomic E-state index is -0.258. The minimum Gasteiger partial charge on any atom is -0.392 e. The van der Waals surface area contributed by atoms with Crippen LogP contribution in [0.3, 0.4) is 0 Å². The first-order valence-corrected chi connectivity index (χ1v) is 8.45. The fourth-order valence-electron chi connectivity index (χ4n) is 2.80. The molecular formula is C15H22N4OS. The van der Waals surface area contributed by atoms with Gasteiger partial charge in [-0.2, -0.15) is 0 Å². The molecule has 114 valence electrons. The first-order chi connectivity index (χ1) is 10.2. The molecule has 3 rings (SSSR count). The zero-order chi connectivity index (χ0) is 14.8. The van der Waals surface area contributed by atoms with Gasteiger partial charge in [0.25, 0.3) is 0 Å². The van der Waals surface area contributed by atoms with Crippen molar-refractivity contribution in [2.45, 2.75) is 26.4 Å². The third kappa shape index (κ3) is 3.17. The van der Waals surface area contributed by atoms with Crippen molar-refractivity contribution in [2.75, 3.05) is 37.6 Å². The number of anilines is 1. The molecule has 2 aromatic heterocycles. The van der Waals surface area contributed by atoms with Crippen LogP contribution in [0.15, 0.2) is 11.4 Å². The van der Waals surface area contributed by atoms with Crippen molar-refractivity contribution in [1.82, 2.24) is 14.9 Å². The molecule has 1 aliphatic heterocycles. The van der Waals surface area contributed by atoms with Gasteiger partial charge >= 0.3 is 0 Å². The van der Waals surface area contributed by atoms with Crippen LogP contribution in [0.2, 0.25) is 0 Å². The topological polar surface area (TPSA) is 52.5 Å². The van der Waals surface area contributed by atoms with Crippen LogP contribution in [0.5, 0.6) is 0 Å². The smallest absolute Gasteiger partial charge is 0.141 e. The number of hydrogen-bond donors (Lipinski definition) is 1. The zero-order valence-corrected chi connectivity index (χ0v) is 13.4. The molecule has 0 bridgehead atoms. The van der Waals surface area contributed by atoms with E-state index in [1.54, 1.807) is 11.3 Å². The number of rotatable bonds is 4. The van der Waals surface area contributed by atoms with E-state index in [4.69, 9.17) is 4.98 Å². The molecule has 0 aromatic carbocycles. The van der Waals surface area contributed by atoms with E-state index in [0.717, 1.165) is 55.6 Å². The Morgan fingerprint density at radius 1 is 1.29 bits per heavy atom. The highest BCUT2D eigenvalue weighted by Crippen LogP contribution is 2.28. The molecule has 0 saturated carbocycles. The molecule has 1 N–H and O–H groups in total. The molecule has 21 heavy (non-hydrogen) atoms. The Morgan fingerprint density at radius 3 is 2.71 bits per heavy atom. The molecule has 0 aliphatic carbocycles. The van der Waals surface area contributed by atoms with Gasteiger partial charge in [0.05, 0.1) is 11.5 Å². The number of piperazine rings is 1. The Labute approximate surface area is 129 Å². The van der Waals surface area contributed by atoms with Gasteiger partial charge in [0.15, 0.2) is 0 Å². The van der Waals surface area contributed by atoms with Crippen molar-refractivity contribution in [3.63, 3.8) is 0 Å². The molecule has 1 atom stereocenters. The third-order valence-corrected chi connectivity index (χ3v) is 4.67. The fraction of sp³-hybridized carbons (Fsp3) is 0.600. The van der Waals surface area contributed by atoms with Crippen molar-refractivity contribution in [2.24, 2.45) is 0 Å². The van der Waals surface area contributed by atoms with Crippen LogP contribution in [-0.2, 0) is 6.42 Å². The lowest BCUT2D eigenvalue weighted by molar-refractivity contribution is 0.122. The van der Waals surface area contributed by atoms with Crippen LogP contribution in [0.4, 0.5) is 5.82 Å². The SMILES string of the molecule is CCc1nc(N2CCN(C[C@@H](C)O)CC2)c2ccsc2n1. The quantitative estimate of drug-likeness (QED) is 0.933. The van der Waals surface area contributed by atoms with Gasteiger partial charge in [-0.3, -0.25) is 4.90 Å². The van der Waals surface area contributed by atoms with E-state index < -0.39 is 0 Å². The number of hydrogen-bond acceptors (Lipinski definition) is 6. The molecule has 1 fully saturated rings. The Balaban J connectivity index is 1.80. The molecule has 1 aliphatic rings. The number of nitrogens with zero attached hydrogens (tertiary/aromatic N) is 4. The summed E-state index contributed by atoms with van der Waals surface area (Å²) >= 11 is 1.68. The maximum absolute atomic E-state index is 9.49. The van der Waals surface area contributed by atoms with Crippen LogP contribution in [-0.4, -0.2) is 58.8 Å². The lowest BCUT2D eigenvalue weighted by Gasteiger charge is -2.36. The number of aliphatic hydroxyl groups excluding tert-OH is 1. The Bertz CT molecular complexity index is 605. The normalized spacial score (nSPS) is 18.3. The fourth-order valence-corrected chi connectivity index (χ4v) is 3.58. The zero-order valence-electron chi connectivity index (χ0n) is 12.6. The Hall–Kier alpha value is -1.24. The van der Waals surface area contributed by atoms with Gasteiger partial charge in [-0.05, 0) is 18.4 Å². The molecule has 5 nitrogen and oxygen atoms in total. The van der Waals surface area contributed by atoms with Crippen LogP contribution in [0.1, 0.15) is 19.7 Å². The highest BCUT2D eigenvalue weighted by atomic mass is 32.1. The van der Waals surface area contributed by atoms with Crippen molar-refractivity contribution >= 4 is 27.4 Å². The average Bonchev–Trinajstić information content (AvgIpc) is 2.94. The van der Waals surface area contributed by atoms with Crippen LogP contribution in [0, 0.1) is 0 Å². The monoisotopic (exact) mass is 306 g/mol. The first kappa shape index (κ1) is 14.7. The number of aromatic nitrogens is 2. The molecular weight excluding hydrogens is 284 g/mol. The second kappa shape index (κ2) is 6.25. The maximum Gasteiger partial charge on any atom is 0.141 e. The Kier molecular flexibility index (Phi) is 4.37. The number of β-amino-alcohol motifs (C(OH)–C–C–N with tert-alkyl or cyclic N) is 1. The molecule has 3 heterocycles. The molecule has 1 saturated heterocycles. The summed E-state index contributed by atoms with van der Waals surface area (Å²) in [5.41, 5.74) is 0. The van der Waals surface area contributed by atoms with Gasteiger partial charge in [-0.15, -0.1) is 11.3 Å². The predicted octanol–water partition coefficient (Wildman–Crippen LogP) is 1.76. The second-order valence-corrected chi connectivity index (χ2v) is 6.49. The molecule has 6 heteroatoms. The van der Waals surface area contributed by atoms with Gasteiger partial charge in [-0.1, -0.05) is 6.92 Å². The molecule has 0 unspecified atom stereocenters. The number of aryl methyl sites for hydroxylation is 1. The largest absolute Gasteiger partial charge is 0.392 e. The molecule has 0 amide bonds. The predicted molar refractivity (Wildman–Crippen MR) is 87.1 cm³/mol. The molecule has 2 aromatic rings. The minimum absolute atomic E-state index is 0.258. The van der Waals surface area contributed by atoms with E-state index >= 15 is 0 Å². The standard InChI is InChI=1S/C15H22N4OS/c1-3-13-16-14(12-4-9-21-15(12)17-13)19-7-5-18(6-8-19)10-11(2)20/h4,9,11,20H,3,5-8,10H2,1-2H3/t11-/m1/s1. The average molecular weight is 306 g/mol. The second-order valence-electron chi connectivity index (χ2n) is 5.59. The van der Waals surface area contributed by atoms with Crippen molar-refractivity contribution in [3.8, 4) is 0 Å². The van der Waals surface area contributed by atoms with Gasteiger partial charge in [0, 0.05) is 39.1 Å². The van der Waals surface area contributed by atoms with Crippen molar-refractivity contribution in [1.29, 1.82) is 0 Å². The van der Waals surface area contributed by atoms with Crippen LogP contribution < -0.4 is 4.90 Å². The maximum atomic E-state index is 9.49. The summed E-state index contributed by atoms with van der Waals surface area (Å²) in [5.74, 6) is 2.00. The van der Waals surface area contributed by atoms with Gasteiger partial charge in [-0.25, -0.2) is 9.97 Å². The lowest BCUT2D eigenvalue weighted by atomic mass is 10.2. The summed E-state index contributed by atoms with van der Waals surface area (Å²) in [5, 5.41) is 12.8. The van der Waals surface area contributed by atoms with Gasteiger partial charge < -0.3 is 10.0 Å². The highest BCUT2D eigenvalue weighted by molar-refractivity contribution is 7.16. The summed E-state index contributed by atoms with van der Waals surface area (Å²) in [6, 6.07) is 2.12. The van der Waals surface area contributed by atoms with Gasteiger partial charge in [0.2, 0.25) is 0 Å². The van der Waals surface area contributed by atoms with Gasteiger partial charge in [0.1, 0.15) is 16.5 Å². The lowest BCUT2D eigenvalue weighted by Crippen LogP contribution is -2.48. The third-order valence-electron chi connectivity index (χ3n) is 3.86. The van der Waals surface area contributed by atoms with Crippen molar-refractivity contribution in [3.05, 3.63) is 17.3 Å². The number of fused-ring (bicyclic) bond motifs is 1. The number of thiophene rings is 1. The van der Waals surface area contributed by atoms with Crippen molar-refractivity contribution < 1.29 is 5.11 Å². The molecule has 0 radical (unpaired) electrons. The van der Waals surface area contributed by atoms with E-state index in [2.05, 4.69) is 33.2 Å². The van der Waals surface area contributed by atoms with E-state index in [-0.39, 0.29) is 6.10 Å². The first-order valence-electron chi connectivity index (χ1n) is 7.57. The summed E-state index contributed by atoms with van der Waals surface area (Å²) < 4.78 is 0. The van der Waals surface area contributed by atoms with E-state index in [9.17, 15) is 5.11 Å². The molecule has 0 spiro atoms. The highest BCUT2D eigenvalue weighted by Gasteiger charge is 2.21. The summed E-state index contributed by atoms with van der Waals surface area (Å²) in [6.07, 6.45) is 0.605. The Morgan fingerprint density at radius 2 is 2.05 bits per heavy atom. The van der Waals surface area contributed by atoms with Crippen LogP contribution >= 0.6 is 11.3 Å². The van der Waals surface area contributed by atoms with E-state index in [0.29, 0.717) is 0 Å². The summed E-state index contributed by atoms with van der Waals surface area (Å²) in [4.78, 5) is 15.1. The summed E-state index contributed by atoms with van der Waals surface area (Å²) in [6.45, 7) is 8.56.